The molecule has 0 spiro atoms. The summed E-state index contributed by atoms with van der Waals surface area (Å²) in [7, 11) is 0. The van der Waals surface area contributed by atoms with Crippen LogP contribution in [0.2, 0.25) is 0 Å². The van der Waals surface area contributed by atoms with Gasteiger partial charge in [0.1, 0.15) is 0 Å². The lowest BCUT2D eigenvalue weighted by atomic mass is 10.2. The maximum atomic E-state index is 10.8. The summed E-state index contributed by atoms with van der Waals surface area (Å²) < 4.78 is 1.11. The van der Waals surface area contributed by atoms with Crippen molar-refractivity contribution >= 4 is 6.03 Å². The van der Waals surface area contributed by atoms with E-state index in [0.29, 0.717) is 6.42 Å². The number of pyridine rings is 1. The molecule has 0 saturated carbocycles. The molecule has 5 heteroatoms. The number of nitrogens with two attached hydrogens (primary N) is 1. The molecule has 0 unspecified atom stereocenters. The van der Waals surface area contributed by atoms with E-state index in [2.05, 4.69) is 10.1 Å². The zero-order valence-corrected chi connectivity index (χ0v) is 8.00. The van der Waals surface area contributed by atoms with Crippen molar-refractivity contribution in [2.24, 2.45) is 5.73 Å². The monoisotopic (exact) mass is 202 g/mol. The van der Waals surface area contributed by atoms with Crippen LogP contribution in [0.1, 0.15) is 11.3 Å². The Balaban J connectivity index is 2.15. The van der Waals surface area contributed by atoms with Crippen LogP contribution in [0.4, 0.5) is 4.79 Å². The fourth-order valence-electron chi connectivity index (χ4n) is 1.28. The Morgan fingerprint density at radius 2 is 2.33 bits per heavy atom. The van der Waals surface area contributed by atoms with Crippen LogP contribution in [0.5, 0.6) is 0 Å². The van der Waals surface area contributed by atoms with E-state index in [0.717, 1.165) is 15.9 Å². The number of hydrogen-bond acceptors (Lipinski definition) is 3. The molecule has 0 saturated heterocycles. The van der Waals surface area contributed by atoms with Crippen LogP contribution in [0.3, 0.4) is 0 Å². The lowest BCUT2D eigenvalue weighted by molar-refractivity contribution is 0.247. The maximum absolute atomic E-state index is 10.8. The van der Waals surface area contributed by atoms with Gasteiger partial charge in [0.15, 0.2) is 0 Å². The lowest BCUT2D eigenvalue weighted by Gasteiger charge is -1.95. The van der Waals surface area contributed by atoms with Gasteiger partial charge in [0.05, 0.1) is 6.20 Å². The Labute approximate surface area is 86.5 Å². The molecule has 0 atom stereocenters. The number of carbonyl (C=O) groups is 1. The molecule has 15 heavy (non-hydrogen) atoms. The number of carbonyl (C=O) groups excluding carboxylic acids is 1. The highest BCUT2D eigenvalue weighted by molar-refractivity contribution is 5.73. The molecule has 0 aliphatic carbocycles. The van der Waals surface area contributed by atoms with Gasteiger partial charge in [-0.3, -0.25) is 4.98 Å². The van der Waals surface area contributed by atoms with Gasteiger partial charge in [-0.1, -0.05) is 6.07 Å². The van der Waals surface area contributed by atoms with E-state index >= 15 is 0 Å². The van der Waals surface area contributed by atoms with Crippen molar-refractivity contribution in [3.8, 4) is 0 Å². The second kappa shape index (κ2) is 3.91. The molecule has 0 aromatic carbocycles. The molecule has 1 amide bonds. The van der Waals surface area contributed by atoms with Crippen molar-refractivity contribution in [2.75, 3.05) is 0 Å². The quantitative estimate of drug-likeness (QED) is 0.782. The van der Waals surface area contributed by atoms with Crippen LogP contribution in [0.25, 0.3) is 0 Å². The molecule has 0 aliphatic heterocycles. The van der Waals surface area contributed by atoms with Gasteiger partial charge in [-0.25, -0.2) is 4.79 Å². The second-order valence-electron chi connectivity index (χ2n) is 3.13. The molecular weight excluding hydrogens is 192 g/mol. The second-order valence-corrected chi connectivity index (χ2v) is 3.13. The van der Waals surface area contributed by atoms with Gasteiger partial charge >= 0.3 is 6.03 Å². The topological polar surface area (TPSA) is 73.8 Å². The van der Waals surface area contributed by atoms with Crippen molar-refractivity contribution in [3.05, 3.63) is 48.0 Å². The van der Waals surface area contributed by atoms with Crippen molar-refractivity contribution < 1.29 is 4.79 Å². The lowest BCUT2D eigenvalue weighted by Crippen LogP contribution is -2.19. The zero-order valence-electron chi connectivity index (χ0n) is 8.00. The van der Waals surface area contributed by atoms with Gasteiger partial charge in [0.2, 0.25) is 0 Å². The minimum absolute atomic E-state index is 0.581. The largest absolute Gasteiger partial charge is 0.350 e. The van der Waals surface area contributed by atoms with Crippen LogP contribution in [0.15, 0.2) is 36.8 Å². The van der Waals surface area contributed by atoms with E-state index in [1.807, 2.05) is 18.2 Å². The molecule has 2 aromatic heterocycles. The summed E-state index contributed by atoms with van der Waals surface area (Å²) in [5, 5.41) is 3.83. The number of rotatable bonds is 2. The number of nitrogens with zero attached hydrogens (tertiary/aromatic N) is 3. The fourth-order valence-corrected chi connectivity index (χ4v) is 1.28. The predicted molar refractivity (Wildman–Crippen MR) is 54.3 cm³/mol. The van der Waals surface area contributed by atoms with E-state index in [-0.39, 0.29) is 0 Å². The smallest absolute Gasteiger partial charge is 0.339 e. The third-order valence-corrected chi connectivity index (χ3v) is 1.97. The minimum Gasteiger partial charge on any atom is -0.350 e. The first-order valence-electron chi connectivity index (χ1n) is 4.49. The molecule has 2 aromatic rings. The van der Waals surface area contributed by atoms with Crippen molar-refractivity contribution in [2.45, 2.75) is 6.42 Å². The van der Waals surface area contributed by atoms with E-state index in [4.69, 9.17) is 5.73 Å². The molecule has 76 valence electrons. The summed E-state index contributed by atoms with van der Waals surface area (Å²) in [6, 6.07) is 5.11. The van der Waals surface area contributed by atoms with Gasteiger partial charge in [-0.2, -0.15) is 9.78 Å². The average Bonchev–Trinajstić information content (AvgIpc) is 2.68. The summed E-state index contributed by atoms with van der Waals surface area (Å²) >= 11 is 0. The van der Waals surface area contributed by atoms with Crippen LogP contribution >= 0.6 is 0 Å². The van der Waals surface area contributed by atoms with Crippen LogP contribution in [-0.4, -0.2) is 20.8 Å². The van der Waals surface area contributed by atoms with E-state index < -0.39 is 6.03 Å². The van der Waals surface area contributed by atoms with Crippen molar-refractivity contribution in [1.29, 1.82) is 0 Å². The zero-order chi connectivity index (χ0) is 10.7. The van der Waals surface area contributed by atoms with Crippen LogP contribution in [0, 0.1) is 0 Å². The van der Waals surface area contributed by atoms with Gasteiger partial charge < -0.3 is 5.73 Å². The summed E-state index contributed by atoms with van der Waals surface area (Å²) in [6.45, 7) is 0. The Bertz CT molecular complexity index is 463. The number of aromatic nitrogens is 3. The summed E-state index contributed by atoms with van der Waals surface area (Å²) in [6.07, 6.45) is 5.60. The Kier molecular flexibility index (Phi) is 2.45. The summed E-state index contributed by atoms with van der Waals surface area (Å²) in [5.41, 5.74) is 6.91. The first kappa shape index (κ1) is 9.39. The highest BCUT2D eigenvalue weighted by Crippen LogP contribution is 2.05. The van der Waals surface area contributed by atoms with Crippen LogP contribution < -0.4 is 5.73 Å². The highest BCUT2D eigenvalue weighted by atomic mass is 16.2. The number of amides is 1. The Hall–Kier alpha value is -2.17. The van der Waals surface area contributed by atoms with Gasteiger partial charge in [0.25, 0.3) is 0 Å². The first-order valence-corrected chi connectivity index (χ1v) is 4.49. The molecule has 0 fully saturated rings. The van der Waals surface area contributed by atoms with Crippen molar-refractivity contribution in [3.63, 3.8) is 0 Å². The SMILES string of the molecule is NC(=O)n1cc(Cc2ccccn2)cn1. The summed E-state index contributed by atoms with van der Waals surface area (Å²) in [4.78, 5) is 14.9. The summed E-state index contributed by atoms with van der Waals surface area (Å²) in [5.74, 6) is 0. The molecule has 5 nitrogen and oxygen atoms in total. The van der Waals surface area contributed by atoms with E-state index in [1.54, 1.807) is 18.6 Å². The standard InChI is InChI=1S/C10H10N4O/c11-10(15)14-7-8(6-13-14)5-9-3-1-2-4-12-9/h1-4,6-7H,5H2,(H2,11,15). The molecule has 2 N–H and O–H groups in total. The first-order chi connectivity index (χ1) is 7.25. The Morgan fingerprint density at radius 1 is 1.47 bits per heavy atom. The molecule has 0 aliphatic rings. The van der Waals surface area contributed by atoms with Crippen molar-refractivity contribution in [1.82, 2.24) is 14.8 Å². The van der Waals surface area contributed by atoms with Gasteiger partial charge in [-0.05, 0) is 17.7 Å². The number of primary amides is 1. The highest BCUT2D eigenvalue weighted by Gasteiger charge is 2.03. The van der Waals surface area contributed by atoms with E-state index in [1.165, 1.54) is 0 Å². The molecule has 0 bridgehead atoms. The number of hydrogen-bond donors (Lipinski definition) is 1. The molecule has 2 rings (SSSR count). The average molecular weight is 202 g/mol. The molecular formula is C10H10N4O. The fraction of sp³-hybridized carbons (Fsp3) is 0.100. The predicted octanol–water partition coefficient (Wildman–Crippen LogP) is 0.796. The van der Waals surface area contributed by atoms with Gasteiger partial charge in [0, 0.05) is 24.5 Å². The Morgan fingerprint density at radius 3 is 2.93 bits per heavy atom. The van der Waals surface area contributed by atoms with E-state index in [9.17, 15) is 4.79 Å². The van der Waals surface area contributed by atoms with Gasteiger partial charge in [-0.15, -0.1) is 0 Å². The minimum atomic E-state index is -0.581. The van der Waals surface area contributed by atoms with Crippen LogP contribution in [-0.2, 0) is 6.42 Å². The molecule has 2 heterocycles. The molecule has 0 radical (unpaired) electrons. The normalized spacial score (nSPS) is 10.1. The maximum Gasteiger partial charge on any atom is 0.339 e. The third kappa shape index (κ3) is 2.19. The third-order valence-electron chi connectivity index (χ3n) is 1.97.